The third-order valence-corrected chi connectivity index (χ3v) is 3.54. The highest BCUT2D eigenvalue weighted by Gasteiger charge is 2.48. The molecule has 1 aromatic heterocycles. The van der Waals surface area contributed by atoms with Crippen molar-refractivity contribution >= 4 is 12.0 Å². The van der Waals surface area contributed by atoms with Gasteiger partial charge in [-0.15, -0.1) is 0 Å². The second-order valence-electron chi connectivity index (χ2n) is 4.55. The van der Waals surface area contributed by atoms with E-state index < -0.39 is 0 Å². The van der Waals surface area contributed by atoms with Gasteiger partial charge in [-0.05, 0) is 31.1 Å². The summed E-state index contributed by atoms with van der Waals surface area (Å²) in [4.78, 5) is 0. The molecular weight excluding hydrogens is 180 g/mol. The first-order chi connectivity index (χ1) is 6.76. The fraction of sp³-hybridized carbons (Fsp3) is 0.778. The van der Waals surface area contributed by atoms with Crippen molar-refractivity contribution < 1.29 is 4.42 Å². The Labute approximate surface area is 82.1 Å². The summed E-state index contributed by atoms with van der Waals surface area (Å²) in [6.07, 6.45) is 6.69. The Morgan fingerprint density at radius 3 is 2.64 bits per heavy atom. The van der Waals surface area contributed by atoms with Crippen LogP contribution in [0.1, 0.15) is 32.1 Å². The lowest BCUT2D eigenvalue weighted by Crippen LogP contribution is -2.49. The molecular formula is C9H14N4O. The molecule has 5 heteroatoms. The summed E-state index contributed by atoms with van der Waals surface area (Å²) >= 11 is 0. The van der Waals surface area contributed by atoms with Crippen molar-refractivity contribution in [3.8, 4) is 0 Å². The van der Waals surface area contributed by atoms with E-state index >= 15 is 0 Å². The van der Waals surface area contributed by atoms with Gasteiger partial charge in [-0.3, -0.25) is 0 Å². The number of nitrogens with two attached hydrogens (primary N) is 1. The third kappa shape index (κ3) is 1.15. The van der Waals surface area contributed by atoms with Crippen LogP contribution < -0.4 is 11.1 Å². The summed E-state index contributed by atoms with van der Waals surface area (Å²) in [6, 6.07) is 1.10. The monoisotopic (exact) mass is 194 g/mol. The van der Waals surface area contributed by atoms with Crippen LogP contribution in [0.15, 0.2) is 4.42 Å². The van der Waals surface area contributed by atoms with Crippen LogP contribution in [0.4, 0.5) is 12.0 Å². The zero-order valence-electron chi connectivity index (χ0n) is 7.99. The summed E-state index contributed by atoms with van der Waals surface area (Å²) in [5.41, 5.74) is 5.99. The Hall–Kier alpha value is -1.26. The van der Waals surface area contributed by atoms with Crippen molar-refractivity contribution in [2.45, 2.75) is 38.1 Å². The van der Waals surface area contributed by atoms with Crippen LogP contribution in [0.2, 0.25) is 0 Å². The molecule has 0 bridgehead atoms. The lowest BCUT2D eigenvalue weighted by atomic mass is 9.54. The number of hydrogen-bond donors (Lipinski definition) is 2. The van der Waals surface area contributed by atoms with Crippen LogP contribution in [0.3, 0.4) is 0 Å². The predicted octanol–water partition coefficient (Wildman–Crippen LogP) is 1.40. The zero-order valence-corrected chi connectivity index (χ0v) is 7.99. The van der Waals surface area contributed by atoms with Crippen LogP contribution in [0, 0.1) is 5.41 Å². The van der Waals surface area contributed by atoms with E-state index in [2.05, 4.69) is 15.5 Å². The molecule has 2 aliphatic rings. The summed E-state index contributed by atoms with van der Waals surface area (Å²) in [6.45, 7) is 0. The fourth-order valence-corrected chi connectivity index (χ4v) is 2.64. The average molecular weight is 194 g/mol. The maximum Gasteiger partial charge on any atom is 0.317 e. The Balaban J connectivity index is 1.55. The van der Waals surface area contributed by atoms with Crippen molar-refractivity contribution in [1.29, 1.82) is 0 Å². The minimum absolute atomic E-state index is 0.130. The van der Waals surface area contributed by atoms with E-state index in [9.17, 15) is 0 Å². The minimum Gasteiger partial charge on any atom is -0.390 e. The van der Waals surface area contributed by atoms with Gasteiger partial charge in [-0.1, -0.05) is 16.6 Å². The molecule has 1 spiro atoms. The molecule has 2 aliphatic carbocycles. The second-order valence-corrected chi connectivity index (χ2v) is 4.55. The number of aromatic nitrogens is 2. The molecule has 76 valence electrons. The Bertz CT molecular complexity index is 336. The lowest BCUT2D eigenvalue weighted by molar-refractivity contribution is 0.0185. The SMILES string of the molecule is Nc1nnc(NC2CC3(CCC3)C2)o1. The third-order valence-electron chi connectivity index (χ3n) is 3.54. The summed E-state index contributed by atoms with van der Waals surface area (Å²) < 4.78 is 5.05. The van der Waals surface area contributed by atoms with Gasteiger partial charge in [0.2, 0.25) is 0 Å². The van der Waals surface area contributed by atoms with Gasteiger partial charge in [0.25, 0.3) is 0 Å². The van der Waals surface area contributed by atoms with Gasteiger partial charge in [-0.2, -0.15) is 0 Å². The van der Waals surface area contributed by atoms with Crippen molar-refractivity contribution in [1.82, 2.24) is 10.2 Å². The van der Waals surface area contributed by atoms with E-state index in [-0.39, 0.29) is 6.01 Å². The normalized spacial score (nSPS) is 24.3. The standard InChI is InChI=1S/C9H14N4O/c10-7-12-13-8(14-7)11-6-4-9(5-6)2-1-3-9/h6H,1-5H2,(H2,10,12)(H,11,13). The van der Waals surface area contributed by atoms with Gasteiger partial charge >= 0.3 is 12.0 Å². The van der Waals surface area contributed by atoms with Gasteiger partial charge < -0.3 is 15.5 Å². The molecule has 3 N–H and O–H groups in total. The number of nitrogens with one attached hydrogen (secondary N) is 1. The fourth-order valence-electron chi connectivity index (χ4n) is 2.64. The Kier molecular flexibility index (Phi) is 1.51. The van der Waals surface area contributed by atoms with E-state index in [0.717, 1.165) is 0 Å². The molecule has 0 aliphatic heterocycles. The smallest absolute Gasteiger partial charge is 0.317 e. The molecule has 14 heavy (non-hydrogen) atoms. The Morgan fingerprint density at radius 1 is 1.36 bits per heavy atom. The summed E-state index contributed by atoms with van der Waals surface area (Å²) in [7, 11) is 0. The second kappa shape index (κ2) is 2.62. The molecule has 0 atom stereocenters. The first kappa shape index (κ1) is 8.08. The molecule has 1 aromatic rings. The van der Waals surface area contributed by atoms with Gasteiger partial charge in [0.1, 0.15) is 0 Å². The van der Waals surface area contributed by atoms with Gasteiger partial charge in [0.15, 0.2) is 0 Å². The number of nitrogen functional groups attached to an aromatic ring is 1. The topological polar surface area (TPSA) is 77.0 Å². The highest BCUT2D eigenvalue weighted by molar-refractivity contribution is 5.26. The lowest BCUT2D eigenvalue weighted by Gasteiger charge is -2.54. The quantitative estimate of drug-likeness (QED) is 0.744. The van der Waals surface area contributed by atoms with Crippen LogP contribution in [-0.2, 0) is 0 Å². The molecule has 1 heterocycles. The molecule has 0 saturated heterocycles. The van der Waals surface area contributed by atoms with Gasteiger partial charge in [0.05, 0.1) is 0 Å². The predicted molar refractivity (Wildman–Crippen MR) is 51.6 cm³/mol. The van der Waals surface area contributed by atoms with E-state index in [1.807, 2.05) is 0 Å². The molecule has 0 unspecified atom stereocenters. The largest absolute Gasteiger partial charge is 0.390 e. The molecule has 2 saturated carbocycles. The maximum absolute atomic E-state index is 5.32. The highest BCUT2D eigenvalue weighted by atomic mass is 16.4. The zero-order chi connectivity index (χ0) is 9.60. The minimum atomic E-state index is 0.130. The molecule has 3 rings (SSSR count). The summed E-state index contributed by atoms with van der Waals surface area (Å²) in [5, 5.41) is 10.6. The number of hydrogen-bond acceptors (Lipinski definition) is 5. The van der Waals surface area contributed by atoms with Crippen molar-refractivity contribution in [2.24, 2.45) is 5.41 Å². The summed E-state index contributed by atoms with van der Waals surface area (Å²) in [5.74, 6) is 0. The van der Waals surface area contributed by atoms with Crippen molar-refractivity contribution in [3.63, 3.8) is 0 Å². The van der Waals surface area contributed by atoms with Crippen molar-refractivity contribution in [3.05, 3.63) is 0 Å². The van der Waals surface area contributed by atoms with Gasteiger partial charge in [0, 0.05) is 6.04 Å². The van der Waals surface area contributed by atoms with Gasteiger partial charge in [-0.25, -0.2) is 0 Å². The van der Waals surface area contributed by atoms with Crippen LogP contribution in [0.25, 0.3) is 0 Å². The first-order valence-corrected chi connectivity index (χ1v) is 5.11. The molecule has 0 amide bonds. The molecule has 5 nitrogen and oxygen atoms in total. The number of anilines is 2. The van der Waals surface area contributed by atoms with E-state index in [1.54, 1.807) is 0 Å². The van der Waals surface area contributed by atoms with E-state index in [1.165, 1.54) is 32.1 Å². The molecule has 0 aromatic carbocycles. The van der Waals surface area contributed by atoms with Crippen LogP contribution in [-0.4, -0.2) is 16.2 Å². The Morgan fingerprint density at radius 2 is 2.14 bits per heavy atom. The van der Waals surface area contributed by atoms with Crippen LogP contribution >= 0.6 is 0 Å². The average Bonchev–Trinajstić information content (AvgIpc) is 2.39. The van der Waals surface area contributed by atoms with Crippen molar-refractivity contribution in [2.75, 3.05) is 11.1 Å². The highest BCUT2D eigenvalue weighted by Crippen LogP contribution is 2.56. The molecule has 0 radical (unpaired) electrons. The first-order valence-electron chi connectivity index (χ1n) is 5.11. The van der Waals surface area contributed by atoms with Crippen LogP contribution in [0.5, 0.6) is 0 Å². The molecule has 2 fully saturated rings. The number of nitrogens with zero attached hydrogens (tertiary/aromatic N) is 2. The number of rotatable bonds is 2. The van der Waals surface area contributed by atoms with E-state index in [4.69, 9.17) is 10.2 Å². The maximum atomic E-state index is 5.32. The van der Waals surface area contributed by atoms with E-state index in [0.29, 0.717) is 17.5 Å².